The van der Waals surface area contributed by atoms with Gasteiger partial charge in [0.25, 0.3) is 0 Å². The molecule has 3 aromatic rings. The van der Waals surface area contributed by atoms with Crippen molar-refractivity contribution in [1.29, 1.82) is 0 Å². The molecular formula is C22H31N5O3Si. The molecule has 0 bridgehead atoms. The first-order valence-corrected chi connectivity index (χ1v) is 14.5. The topological polar surface area (TPSA) is 85.5 Å². The van der Waals surface area contributed by atoms with E-state index in [9.17, 15) is 5.11 Å². The summed E-state index contributed by atoms with van der Waals surface area (Å²) < 4.78 is 13.5. The number of anilines is 1. The highest BCUT2D eigenvalue weighted by atomic mass is 28.3. The molecule has 1 aliphatic rings. The van der Waals surface area contributed by atoms with Gasteiger partial charge in [-0.1, -0.05) is 19.6 Å². The van der Waals surface area contributed by atoms with Crippen molar-refractivity contribution in [3.8, 4) is 17.1 Å². The molecule has 4 rings (SSSR count). The predicted molar refractivity (Wildman–Crippen MR) is 124 cm³/mol. The number of nitrogens with zero attached hydrogens (tertiary/aromatic N) is 5. The molecule has 1 aromatic carbocycles. The average Bonchev–Trinajstić information content (AvgIpc) is 3.08. The van der Waals surface area contributed by atoms with Gasteiger partial charge in [-0.25, -0.2) is 14.6 Å². The fourth-order valence-corrected chi connectivity index (χ4v) is 4.45. The summed E-state index contributed by atoms with van der Waals surface area (Å²) in [5.41, 5.74) is 2.37. The summed E-state index contributed by atoms with van der Waals surface area (Å²) in [5.74, 6) is 1.06. The molecule has 0 spiro atoms. The van der Waals surface area contributed by atoms with E-state index in [1.165, 1.54) is 0 Å². The summed E-state index contributed by atoms with van der Waals surface area (Å²) in [6.45, 7) is 12.4. The minimum atomic E-state index is -1.17. The van der Waals surface area contributed by atoms with Crippen LogP contribution < -0.4 is 4.90 Å². The Hall–Kier alpha value is -2.49. The predicted octanol–water partition coefficient (Wildman–Crippen LogP) is 3.74. The zero-order chi connectivity index (χ0) is 22.0. The maximum atomic E-state index is 10.1. The quantitative estimate of drug-likeness (QED) is 0.442. The van der Waals surface area contributed by atoms with Crippen LogP contribution in [0.3, 0.4) is 0 Å². The molecular weight excluding hydrogens is 410 g/mol. The minimum Gasteiger partial charge on any atom is -0.508 e. The van der Waals surface area contributed by atoms with E-state index in [4.69, 9.17) is 14.6 Å². The molecule has 1 N–H and O–H groups in total. The van der Waals surface area contributed by atoms with Gasteiger partial charge in [-0.2, -0.15) is 5.10 Å². The first-order valence-electron chi connectivity index (χ1n) is 10.8. The van der Waals surface area contributed by atoms with Crippen LogP contribution in [0.2, 0.25) is 25.7 Å². The molecule has 166 valence electrons. The zero-order valence-corrected chi connectivity index (χ0v) is 19.7. The minimum absolute atomic E-state index is 0.162. The molecule has 1 saturated heterocycles. The molecule has 0 saturated carbocycles. The molecule has 2 aromatic heterocycles. The third-order valence-corrected chi connectivity index (χ3v) is 7.10. The Morgan fingerprint density at radius 2 is 2.06 bits per heavy atom. The maximum Gasteiger partial charge on any atom is 0.140 e. The highest BCUT2D eigenvalue weighted by molar-refractivity contribution is 6.76. The van der Waals surface area contributed by atoms with Gasteiger partial charge < -0.3 is 19.5 Å². The molecule has 0 unspecified atom stereocenters. The van der Waals surface area contributed by atoms with E-state index in [2.05, 4.69) is 41.4 Å². The van der Waals surface area contributed by atoms with E-state index in [0.717, 1.165) is 47.2 Å². The molecule has 1 atom stereocenters. The van der Waals surface area contributed by atoms with Crippen molar-refractivity contribution in [3.63, 3.8) is 0 Å². The maximum absolute atomic E-state index is 10.1. The number of ether oxygens (including phenoxy) is 2. The third-order valence-electron chi connectivity index (χ3n) is 5.39. The second-order valence-electron chi connectivity index (χ2n) is 9.29. The van der Waals surface area contributed by atoms with Crippen LogP contribution in [0.5, 0.6) is 5.75 Å². The summed E-state index contributed by atoms with van der Waals surface area (Å²) in [6.07, 6.45) is 1.75. The normalized spacial score (nSPS) is 17.4. The van der Waals surface area contributed by atoms with Crippen LogP contribution in [0.25, 0.3) is 22.3 Å². The van der Waals surface area contributed by atoms with E-state index in [1.807, 2.05) is 16.8 Å². The van der Waals surface area contributed by atoms with E-state index in [1.54, 1.807) is 18.5 Å². The Kier molecular flexibility index (Phi) is 6.26. The van der Waals surface area contributed by atoms with Crippen molar-refractivity contribution >= 4 is 24.8 Å². The zero-order valence-electron chi connectivity index (χ0n) is 18.7. The van der Waals surface area contributed by atoms with Gasteiger partial charge in [0.15, 0.2) is 0 Å². The Morgan fingerprint density at radius 1 is 1.23 bits per heavy atom. The molecule has 1 aliphatic heterocycles. The first-order chi connectivity index (χ1) is 14.8. The van der Waals surface area contributed by atoms with E-state index in [0.29, 0.717) is 19.9 Å². The Morgan fingerprint density at radius 3 is 2.84 bits per heavy atom. The Labute approximate surface area is 183 Å². The van der Waals surface area contributed by atoms with Crippen LogP contribution in [0.4, 0.5) is 5.82 Å². The Balaban J connectivity index is 1.67. The van der Waals surface area contributed by atoms with Gasteiger partial charge >= 0.3 is 0 Å². The van der Waals surface area contributed by atoms with Crippen LogP contribution in [-0.4, -0.2) is 65.3 Å². The van der Waals surface area contributed by atoms with Gasteiger partial charge in [0.1, 0.15) is 24.6 Å². The van der Waals surface area contributed by atoms with Gasteiger partial charge in [0, 0.05) is 39.2 Å². The summed E-state index contributed by atoms with van der Waals surface area (Å²) in [5, 5.41) is 15.6. The second-order valence-corrected chi connectivity index (χ2v) is 14.9. The number of phenols is 1. The van der Waals surface area contributed by atoms with Crippen LogP contribution >= 0.6 is 0 Å². The first kappa shape index (κ1) is 21.7. The summed E-state index contributed by atoms with van der Waals surface area (Å²) in [7, 11) is -1.17. The number of aromatic hydroxyl groups is 1. The van der Waals surface area contributed by atoms with Crippen molar-refractivity contribution in [2.75, 3.05) is 31.2 Å². The molecule has 0 amide bonds. The van der Waals surface area contributed by atoms with E-state index in [-0.39, 0.29) is 11.9 Å². The van der Waals surface area contributed by atoms with Gasteiger partial charge in [-0.3, -0.25) is 0 Å². The molecule has 0 radical (unpaired) electrons. The lowest BCUT2D eigenvalue weighted by molar-refractivity contribution is 0.0529. The summed E-state index contributed by atoms with van der Waals surface area (Å²) in [6, 6.07) is 8.28. The third kappa shape index (κ3) is 5.23. The standard InChI is InChI=1S/C22H31N5O3Si/c1-16-13-26(7-8-30-16)21-12-20(23-14-24-21)22-18-11-17(28)5-6-19(18)25-27(22)15-29-9-10-31(2,3)4/h5-6,11-12,14,16,28H,7-10,13,15H2,1-4H3/t16-/m1/s1. The average molecular weight is 442 g/mol. The van der Waals surface area contributed by atoms with Crippen LogP contribution in [0.1, 0.15) is 6.92 Å². The molecule has 3 heterocycles. The number of phenolic OH excluding ortho intramolecular Hbond substituents is 1. The highest BCUT2D eigenvalue weighted by Gasteiger charge is 2.21. The van der Waals surface area contributed by atoms with Gasteiger partial charge in [-0.05, 0) is 31.2 Å². The lowest BCUT2D eigenvalue weighted by atomic mass is 10.1. The molecule has 9 heteroatoms. The van der Waals surface area contributed by atoms with Crippen molar-refractivity contribution in [3.05, 3.63) is 30.6 Å². The van der Waals surface area contributed by atoms with Crippen molar-refractivity contribution in [1.82, 2.24) is 19.7 Å². The number of morpholine rings is 1. The monoisotopic (exact) mass is 441 g/mol. The fourth-order valence-electron chi connectivity index (χ4n) is 3.69. The molecule has 1 fully saturated rings. The summed E-state index contributed by atoms with van der Waals surface area (Å²) in [4.78, 5) is 11.2. The molecule has 0 aliphatic carbocycles. The number of hydrogen-bond donors (Lipinski definition) is 1. The van der Waals surface area contributed by atoms with Crippen molar-refractivity contribution < 1.29 is 14.6 Å². The van der Waals surface area contributed by atoms with Crippen LogP contribution in [0.15, 0.2) is 30.6 Å². The number of benzene rings is 1. The van der Waals surface area contributed by atoms with Gasteiger partial charge in [0.05, 0.1) is 29.6 Å². The Bertz CT molecular complexity index is 1050. The largest absolute Gasteiger partial charge is 0.508 e. The lowest BCUT2D eigenvalue weighted by Gasteiger charge is -2.32. The van der Waals surface area contributed by atoms with Gasteiger partial charge in [0.2, 0.25) is 0 Å². The number of rotatable bonds is 7. The van der Waals surface area contributed by atoms with Crippen LogP contribution in [0, 0.1) is 0 Å². The highest BCUT2D eigenvalue weighted by Crippen LogP contribution is 2.31. The smallest absolute Gasteiger partial charge is 0.140 e. The number of hydrogen-bond acceptors (Lipinski definition) is 7. The van der Waals surface area contributed by atoms with E-state index < -0.39 is 8.07 Å². The van der Waals surface area contributed by atoms with Gasteiger partial charge in [-0.15, -0.1) is 0 Å². The van der Waals surface area contributed by atoms with Crippen molar-refractivity contribution in [2.45, 2.75) is 45.4 Å². The molecule has 8 nitrogen and oxygen atoms in total. The summed E-state index contributed by atoms with van der Waals surface area (Å²) >= 11 is 0. The number of aromatic nitrogens is 4. The number of fused-ring (bicyclic) bond motifs is 1. The second kappa shape index (κ2) is 8.94. The SMILES string of the molecule is C[C@@H]1CN(c2cc(-c3c4cc(O)ccc4nn3COCC[Si](C)(C)C)ncn2)CCO1. The van der Waals surface area contributed by atoms with Crippen LogP contribution in [-0.2, 0) is 16.2 Å². The van der Waals surface area contributed by atoms with Crippen molar-refractivity contribution in [2.24, 2.45) is 0 Å². The van der Waals surface area contributed by atoms with E-state index >= 15 is 0 Å². The fraction of sp³-hybridized carbons (Fsp3) is 0.500. The lowest BCUT2D eigenvalue weighted by Crippen LogP contribution is -2.41. The molecule has 31 heavy (non-hydrogen) atoms.